The zero-order chi connectivity index (χ0) is 29.8. The molecule has 9 heteroatoms. The molecule has 1 aliphatic rings. The molecule has 4 aromatic carbocycles. The maximum absolute atomic E-state index is 13.5. The number of carbonyl (C=O) groups excluding carboxylic acids is 2. The summed E-state index contributed by atoms with van der Waals surface area (Å²) in [6, 6.07) is 30.1. The van der Waals surface area contributed by atoms with Crippen molar-refractivity contribution in [1.29, 1.82) is 0 Å². The van der Waals surface area contributed by atoms with Crippen LogP contribution in [0.15, 0.2) is 119 Å². The van der Waals surface area contributed by atoms with Crippen LogP contribution in [0.5, 0.6) is 5.75 Å². The Balaban J connectivity index is 1.31. The maximum atomic E-state index is 13.5. The van der Waals surface area contributed by atoms with Crippen molar-refractivity contribution >= 4 is 56.8 Å². The van der Waals surface area contributed by atoms with Crippen LogP contribution in [0.4, 0.5) is 5.13 Å². The zero-order valence-electron chi connectivity index (χ0n) is 23.2. The molecule has 1 atom stereocenters. The summed E-state index contributed by atoms with van der Waals surface area (Å²) in [6.45, 7) is 2.40. The van der Waals surface area contributed by atoms with E-state index in [2.05, 4.69) is 34.5 Å². The Kier molecular flexibility index (Phi) is 8.35. The first-order valence-corrected chi connectivity index (χ1v) is 15.5. The SMILES string of the molecule is CCOc1ccc(C2C(C(=O)/C=C/c3ccccc3)=C(O)C(=O)N2c2nnc(SCc3cccc4ccccc34)s2)cc1. The summed E-state index contributed by atoms with van der Waals surface area (Å²) in [6.07, 6.45) is 3.04. The average Bonchev–Trinajstić information content (AvgIpc) is 3.61. The molecule has 0 spiro atoms. The molecule has 1 aromatic heterocycles. The second-order valence-corrected chi connectivity index (χ2v) is 11.9. The highest BCUT2D eigenvalue weighted by molar-refractivity contribution is 8.00. The number of amides is 1. The van der Waals surface area contributed by atoms with Crippen LogP contribution in [0.2, 0.25) is 0 Å². The number of anilines is 1. The number of carbonyl (C=O) groups is 2. The van der Waals surface area contributed by atoms with Gasteiger partial charge in [-0.2, -0.15) is 0 Å². The van der Waals surface area contributed by atoms with Gasteiger partial charge in [0.1, 0.15) is 5.75 Å². The Morgan fingerprint density at radius 1 is 0.977 bits per heavy atom. The van der Waals surface area contributed by atoms with Crippen molar-refractivity contribution in [3.63, 3.8) is 0 Å². The molecule has 0 bridgehead atoms. The van der Waals surface area contributed by atoms with Gasteiger partial charge >= 0.3 is 0 Å². The maximum Gasteiger partial charge on any atom is 0.296 e. The first-order valence-electron chi connectivity index (χ1n) is 13.7. The van der Waals surface area contributed by atoms with E-state index < -0.39 is 23.5 Å². The van der Waals surface area contributed by atoms with Crippen molar-refractivity contribution < 1.29 is 19.4 Å². The van der Waals surface area contributed by atoms with E-state index in [9.17, 15) is 14.7 Å². The highest BCUT2D eigenvalue weighted by atomic mass is 32.2. The molecule has 0 radical (unpaired) electrons. The van der Waals surface area contributed by atoms with Crippen molar-refractivity contribution in [2.45, 2.75) is 23.1 Å². The van der Waals surface area contributed by atoms with Gasteiger partial charge in [0, 0.05) is 5.75 Å². The lowest BCUT2D eigenvalue weighted by Crippen LogP contribution is -2.30. The summed E-state index contributed by atoms with van der Waals surface area (Å²) in [4.78, 5) is 28.4. The quantitative estimate of drug-likeness (QED) is 0.0997. The Morgan fingerprint density at radius 2 is 1.72 bits per heavy atom. The number of thioether (sulfide) groups is 1. The summed E-state index contributed by atoms with van der Waals surface area (Å²) in [5.41, 5.74) is 2.62. The fourth-order valence-electron chi connectivity index (χ4n) is 5.02. The van der Waals surface area contributed by atoms with Crippen LogP contribution in [-0.4, -0.2) is 33.6 Å². The highest BCUT2D eigenvalue weighted by Gasteiger charge is 2.45. The molecular formula is C34H27N3O4S2. The molecule has 0 saturated heterocycles. The normalized spacial score (nSPS) is 15.1. The van der Waals surface area contributed by atoms with Crippen molar-refractivity contribution in [1.82, 2.24) is 10.2 Å². The zero-order valence-corrected chi connectivity index (χ0v) is 24.8. The molecule has 0 aliphatic carbocycles. The molecule has 1 amide bonds. The van der Waals surface area contributed by atoms with Crippen LogP contribution in [-0.2, 0) is 15.3 Å². The third-order valence-corrected chi connectivity index (χ3v) is 9.14. The second kappa shape index (κ2) is 12.6. The van der Waals surface area contributed by atoms with E-state index in [1.54, 1.807) is 30.3 Å². The molecule has 1 unspecified atom stereocenters. The van der Waals surface area contributed by atoms with E-state index in [1.165, 1.54) is 50.4 Å². The van der Waals surface area contributed by atoms with E-state index in [0.717, 1.165) is 5.56 Å². The third-order valence-electron chi connectivity index (χ3n) is 7.04. The Hall–Kier alpha value is -4.73. The van der Waals surface area contributed by atoms with E-state index in [0.29, 0.717) is 33.1 Å². The summed E-state index contributed by atoms with van der Waals surface area (Å²) >= 11 is 2.77. The predicted molar refractivity (Wildman–Crippen MR) is 171 cm³/mol. The fraction of sp³-hybridized carbons (Fsp3) is 0.118. The van der Waals surface area contributed by atoms with Gasteiger partial charge in [-0.1, -0.05) is 114 Å². The van der Waals surface area contributed by atoms with Gasteiger partial charge in [0.25, 0.3) is 5.91 Å². The molecule has 5 aromatic rings. The molecule has 43 heavy (non-hydrogen) atoms. The lowest BCUT2D eigenvalue weighted by Gasteiger charge is -2.24. The number of ketones is 1. The number of aromatic nitrogens is 2. The van der Waals surface area contributed by atoms with Crippen LogP contribution in [0.25, 0.3) is 16.8 Å². The minimum Gasteiger partial charge on any atom is -0.503 e. The third kappa shape index (κ3) is 5.95. The standard InChI is InChI=1S/C34H27N3O4S2/c1-2-41-26-18-16-24(17-19-26)30-29(28(38)20-15-22-9-4-3-5-10-22)31(39)32(40)37(30)33-35-36-34(43-33)42-21-25-13-8-12-23-11-6-7-14-27(23)25/h3-20,30,39H,2,21H2,1H3/b20-15+. The number of rotatable bonds is 10. The molecule has 7 nitrogen and oxygen atoms in total. The van der Waals surface area contributed by atoms with Gasteiger partial charge < -0.3 is 9.84 Å². The van der Waals surface area contributed by atoms with E-state index in [4.69, 9.17) is 4.74 Å². The molecule has 2 heterocycles. The fourth-order valence-corrected chi connectivity index (χ4v) is 6.90. The van der Waals surface area contributed by atoms with Crippen molar-refractivity contribution in [3.05, 3.63) is 131 Å². The number of hydrogen-bond donors (Lipinski definition) is 1. The molecule has 0 fully saturated rings. The van der Waals surface area contributed by atoms with Crippen LogP contribution >= 0.6 is 23.1 Å². The molecule has 1 aliphatic heterocycles. The van der Waals surface area contributed by atoms with Crippen LogP contribution in [0, 0.1) is 0 Å². The number of hydrogen-bond acceptors (Lipinski definition) is 8. The minimum absolute atomic E-state index is 0.0125. The molecule has 6 rings (SSSR count). The second-order valence-electron chi connectivity index (χ2n) is 9.73. The Morgan fingerprint density at radius 3 is 2.51 bits per heavy atom. The average molecular weight is 606 g/mol. The van der Waals surface area contributed by atoms with Gasteiger partial charge in [-0.15, -0.1) is 10.2 Å². The van der Waals surface area contributed by atoms with E-state index in [-0.39, 0.29) is 5.57 Å². The largest absolute Gasteiger partial charge is 0.503 e. The Bertz CT molecular complexity index is 1840. The smallest absolute Gasteiger partial charge is 0.296 e. The Labute approximate surface area is 257 Å². The highest BCUT2D eigenvalue weighted by Crippen LogP contribution is 2.43. The summed E-state index contributed by atoms with van der Waals surface area (Å²) in [5.74, 6) is -0.427. The lowest BCUT2D eigenvalue weighted by molar-refractivity contribution is -0.117. The van der Waals surface area contributed by atoms with Gasteiger partial charge in [-0.05, 0) is 52.6 Å². The number of fused-ring (bicyclic) bond motifs is 1. The summed E-state index contributed by atoms with van der Waals surface area (Å²) in [7, 11) is 0. The number of nitrogens with zero attached hydrogens (tertiary/aromatic N) is 3. The molecule has 214 valence electrons. The first kappa shape index (κ1) is 28.4. The summed E-state index contributed by atoms with van der Waals surface area (Å²) in [5, 5.41) is 22.4. The number of aliphatic hydroxyl groups excluding tert-OH is 1. The van der Waals surface area contributed by atoms with Crippen molar-refractivity contribution in [2.75, 3.05) is 11.5 Å². The van der Waals surface area contributed by atoms with Gasteiger partial charge in [-0.3, -0.25) is 14.5 Å². The van der Waals surface area contributed by atoms with Crippen molar-refractivity contribution in [3.8, 4) is 5.75 Å². The molecule has 0 saturated carbocycles. The van der Waals surface area contributed by atoms with Crippen molar-refractivity contribution in [2.24, 2.45) is 0 Å². The van der Waals surface area contributed by atoms with Gasteiger partial charge in [0.05, 0.1) is 18.2 Å². The van der Waals surface area contributed by atoms with Gasteiger partial charge in [0.15, 0.2) is 15.9 Å². The van der Waals surface area contributed by atoms with Crippen LogP contribution < -0.4 is 9.64 Å². The number of benzene rings is 4. The minimum atomic E-state index is -0.889. The summed E-state index contributed by atoms with van der Waals surface area (Å²) < 4.78 is 6.26. The van der Waals surface area contributed by atoms with Crippen LogP contribution in [0.3, 0.4) is 0 Å². The lowest BCUT2D eigenvalue weighted by atomic mass is 9.95. The topological polar surface area (TPSA) is 92.6 Å². The van der Waals surface area contributed by atoms with Crippen LogP contribution in [0.1, 0.15) is 29.7 Å². The van der Waals surface area contributed by atoms with E-state index >= 15 is 0 Å². The first-order chi connectivity index (χ1) is 21.0. The number of allylic oxidation sites excluding steroid dienone is 1. The monoisotopic (exact) mass is 605 g/mol. The van der Waals surface area contributed by atoms with Gasteiger partial charge in [0.2, 0.25) is 5.13 Å². The molecular weight excluding hydrogens is 579 g/mol. The number of ether oxygens (including phenoxy) is 1. The van der Waals surface area contributed by atoms with Gasteiger partial charge in [-0.25, -0.2) is 0 Å². The number of aliphatic hydroxyl groups is 1. The molecule has 1 N–H and O–H groups in total. The predicted octanol–water partition coefficient (Wildman–Crippen LogP) is 7.56. The van der Waals surface area contributed by atoms with E-state index in [1.807, 2.05) is 55.5 Å².